The van der Waals surface area contributed by atoms with Crippen molar-refractivity contribution in [2.45, 2.75) is 30.0 Å². The predicted molar refractivity (Wildman–Crippen MR) is 93.4 cm³/mol. The highest BCUT2D eigenvalue weighted by Crippen LogP contribution is 2.40. The van der Waals surface area contributed by atoms with Gasteiger partial charge in [-0.1, -0.05) is 24.3 Å². The van der Waals surface area contributed by atoms with Gasteiger partial charge in [-0.2, -0.15) is 17.5 Å². The number of hydrogen-bond acceptors (Lipinski definition) is 3. The van der Waals surface area contributed by atoms with Gasteiger partial charge in [-0.15, -0.1) is 0 Å². The van der Waals surface area contributed by atoms with Gasteiger partial charge in [0.2, 0.25) is 10.0 Å². The van der Waals surface area contributed by atoms with Crippen LogP contribution < -0.4 is 0 Å². The van der Waals surface area contributed by atoms with Crippen LogP contribution in [0, 0.1) is 0 Å². The van der Waals surface area contributed by atoms with Crippen molar-refractivity contribution in [3.8, 4) is 0 Å². The monoisotopic (exact) mass is 395 g/mol. The number of hydrogen-bond donors (Lipinski definition) is 1. The summed E-state index contributed by atoms with van der Waals surface area (Å²) >= 11 is 0. The van der Waals surface area contributed by atoms with Crippen LogP contribution in [0.15, 0.2) is 53.4 Å². The van der Waals surface area contributed by atoms with E-state index in [1.807, 2.05) is 18.2 Å². The molecule has 2 heterocycles. The van der Waals surface area contributed by atoms with Crippen molar-refractivity contribution in [1.29, 1.82) is 0 Å². The Morgan fingerprint density at radius 1 is 1.07 bits per heavy atom. The van der Waals surface area contributed by atoms with E-state index in [1.54, 1.807) is 6.07 Å². The first-order valence-corrected chi connectivity index (χ1v) is 9.85. The molecule has 0 unspecified atom stereocenters. The lowest BCUT2D eigenvalue weighted by Crippen LogP contribution is -2.32. The second kappa shape index (κ2) is 6.35. The van der Waals surface area contributed by atoms with E-state index in [0.717, 1.165) is 22.0 Å². The Hall–Kier alpha value is -2.39. The van der Waals surface area contributed by atoms with Crippen LogP contribution in [0.3, 0.4) is 0 Å². The summed E-state index contributed by atoms with van der Waals surface area (Å²) in [6, 6.07) is 10.9. The van der Waals surface area contributed by atoms with Crippen LogP contribution in [-0.2, 0) is 16.2 Å². The third-order valence-electron chi connectivity index (χ3n) is 4.71. The normalized spacial score (nSPS) is 19.0. The van der Waals surface area contributed by atoms with Gasteiger partial charge in [-0.3, -0.25) is 0 Å². The highest BCUT2D eigenvalue weighted by Gasteiger charge is 2.43. The van der Waals surface area contributed by atoms with E-state index in [9.17, 15) is 21.6 Å². The molecule has 1 N–H and O–H groups in total. The Balaban J connectivity index is 1.78. The number of alkyl halides is 3. The molecule has 1 atom stereocenters. The van der Waals surface area contributed by atoms with Crippen LogP contribution in [0.5, 0.6) is 0 Å². The zero-order chi connectivity index (χ0) is 19.2. The lowest BCUT2D eigenvalue weighted by atomic mass is 10.2. The number of fused-ring (bicyclic) bond motifs is 1. The van der Waals surface area contributed by atoms with E-state index < -0.39 is 32.7 Å². The van der Waals surface area contributed by atoms with Crippen molar-refractivity contribution in [1.82, 2.24) is 14.3 Å². The molecular weight excluding hydrogens is 379 g/mol. The number of benzene rings is 2. The summed E-state index contributed by atoms with van der Waals surface area (Å²) in [6.45, 7) is 0.149. The first-order valence-electron chi connectivity index (χ1n) is 8.41. The summed E-state index contributed by atoms with van der Waals surface area (Å²) in [6.07, 6.45) is -3.71. The minimum atomic E-state index is -4.75. The maximum atomic E-state index is 13.3. The lowest BCUT2D eigenvalue weighted by Gasteiger charge is -2.24. The van der Waals surface area contributed by atoms with Gasteiger partial charge >= 0.3 is 6.18 Å². The Bertz CT molecular complexity index is 1060. The number of H-pyrrole nitrogens is 1. The van der Waals surface area contributed by atoms with Crippen LogP contribution >= 0.6 is 0 Å². The number of nitrogens with zero attached hydrogens (tertiary/aromatic N) is 2. The molecule has 2 aromatic carbocycles. The van der Waals surface area contributed by atoms with Crippen LogP contribution in [-0.4, -0.2) is 29.2 Å². The van der Waals surface area contributed by atoms with Crippen molar-refractivity contribution < 1.29 is 21.6 Å². The van der Waals surface area contributed by atoms with Gasteiger partial charge in [0.15, 0.2) is 0 Å². The fourth-order valence-corrected chi connectivity index (χ4v) is 5.36. The van der Waals surface area contributed by atoms with Crippen molar-refractivity contribution in [3.05, 3.63) is 59.9 Å². The number of aromatic amines is 1. The molecule has 142 valence electrons. The van der Waals surface area contributed by atoms with Crippen molar-refractivity contribution in [2.75, 3.05) is 6.54 Å². The van der Waals surface area contributed by atoms with Crippen LogP contribution in [0.2, 0.25) is 0 Å². The van der Waals surface area contributed by atoms with E-state index in [1.165, 1.54) is 12.1 Å². The Morgan fingerprint density at radius 2 is 1.78 bits per heavy atom. The molecule has 0 aliphatic carbocycles. The maximum Gasteiger partial charge on any atom is 0.417 e. The molecule has 1 saturated heterocycles. The van der Waals surface area contributed by atoms with Gasteiger partial charge in [0.05, 0.1) is 27.5 Å². The average molecular weight is 395 g/mol. The van der Waals surface area contributed by atoms with E-state index in [2.05, 4.69) is 9.97 Å². The largest absolute Gasteiger partial charge is 0.417 e. The fraction of sp³-hybridized carbons (Fsp3) is 0.278. The number of imidazole rings is 1. The lowest BCUT2D eigenvalue weighted by molar-refractivity contribution is -0.139. The first kappa shape index (κ1) is 18.0. The molecule has 0 bridgehead atoms. The number of rotatable bonds is 3. The minimum absolute atomic E-state index is 0.149. The third-order valence-corrected chi connectivity index (χ3v) is 6.67. The minimum Gasteiger partial charge on any atom is -0.341 e. The third kappa shape index (κ3) is 3.10. The van der Waals surface area contributed by atoms with E-state index in [4.69, 9.17) is 0 Å². The number of para-hydroxylation sites is 2. The van der Waals surface area contributed by atoms with E-state index in [0.29, 0.717) is 24.2 Å². The fourth-order valence-electron chi connectivity index (χ4n) is 3.48. The zero-order valence-corrected chi connectivity index (χ0v) is 14.9. The maximum absolute atomic E-state index is 13.3. The van der Waals surface area contributed by atoms with Crippen LogP contribution in [0.25, 0.3) is 11.0 Å². The van der Waals surface area contributed by atoms with E-state index in [-0.39, 0.29) is 6.54 Å². The number of sulfonamides is 1. The molecule has 1 aliphatic rings. The molecule has 27 heavy (non-hydrogen) atoms. The summed E-state index contributed by atoms with van der Waals surface area (Å²) in [5.74, 6) is 0.446. The van der Waals surface area contributed by atoms with Gasteiger partial charge in [0, 0.05) is 6.54 Å². The summed E-state index contributed by atoms with van der Waals surface area (Å²) in [5, 5.41) is 0. The molecule has 4 rings (SSSR count). The van der Waals surface area contributed by atoms with Gasteiger partial charge in [-0.25, -0.2) is 13.4 Å². The first-order chi connectivity index (χ1) is 12.8. The average Bonchev–Trinajstić information content (AvgIpc) is 3.27. The van der Waals surface area contributed by atoms with Gasteiger partial charge in [0.1, 0.15) is 5.82 Å². The van der Waals surface area contributed by atoms with Crippen molar-refractivity contribution in [2.24, 2.45) is 0 Å². The van der Waals surface area contributed by atoms with Crippen LogP contribution in [0.4, 0.5) is 13.2 Å². The molecule has 5 nitrogen and oxygen atoms in total. The molecule has 1 aliphatic heterocycles. The highest BCUT2D eigenvalue weighted by molar-refractivity contribution is 7.89. The Morgan fingerprint density at radius 3 is 2.52 bits per heavy atom. The van der Waals surface area contributed by atoms with Crippen molar-refractivity contribution >= 4 is 21.1 Å². The van der Waals surface area contributed by atoms with Gasteiger partial charge in [0.25, 0.3) is 0 Å². The second-order valence-electron chi connectivity index (χ2n) is 6.41. The highest BCUT2D eigenvalue weighted by atomic mass is 32.2. The molecule has 0 radical (unpaired) electrons. The molecule has 0 spiro atoms. The molecule has 3 aromatic rings. The summed E-state index contributed by atoms with van der Waals surface area (Å²) in [5.41, 5.74) is 0.292. The predicted octanol–water partition coefficient (Wildman–Crippen LogP) is 4.11. The van der Waals surface area contributed by atoms with Crippen LogP contribution in [0.1, 0.15) is 30.3 Å². The number of aromatic nitrogens is 2. The topological polar surface area (TPSA) is 66.1 Å². The molecule has 9 heteroatoms. The standard InChI is InChI=1S/C18H16F3N3O2S/c19-18(20,21)12-6-1-4-10-16(12)27(25,26)24-11-5-9-15(24)17-22-13-7-2-3-8-14(13)23-17/h1-4,6-8,10,15H,5,9,11H2,(H,22,23)/t15-/m0/s1. The summed E-state index contributed by atoms with van der Waals surface area (Å²) in [7, 11) is -4.33. The summed E-state index contributed by atoms with van der Waals surface area (Å²) < 4.78 is 67.3. The van der Waals surface area contributed by atoms with Crippen molar-refractivity contribution in [3.63, 3.8) is 0 Å². The molecule has 0 saturated carbocycles. The summed E-state index contributed by atoms with van der Waals surface area (Å²) in [4.78, 5) is 6.81. The Kier molecular flexibility index (Phi) is 4.23. The quantitative estimate of drug-likeness (QED) is 0.726. The molecule has 0 amide bonds. The molecular formula is C18H16F3N3O2S. The Labute approximate surface area is 153 Å². The van der Waals surface area contributed by atoms with Gasteiger partial charge < -0.3 is 4.98 Å². The second-order valence-corrected chi connectivity index (χ2v) is 8.27. The van der Waals surface area contributed by atoms with Gasteiger partial charge in [-0.05, 0) is 37.1 Å². The molecule has 1 aromatic heterocycles. The zero-order valence-electron chi connectivity index (χ0n) is 14.1. The van der Waals surface area contributed by atoms with E-state index >= 15 is 0 Å². The smallest absolute Gasteiger partial charge is 0.341 e. The molecule has 1 fully saturated rings. The number of nitrogens with one attached hydrogen (secondary N) is 1. The number of halogens is 3. The SMILES string of the molecule is O=S(=O)(c1ccccc1C(F)(F)F)N1CCC[C@H]1c1nc2ccccc2[nH]1.